The number of rotatable bonds is 11. The maximum Gasteiger partial charge on any atom is 0.407 e. The molecule has 4 aromatic heterocycles. The van der Waals surface area contributed by atoms with Gasteiger partial charge in [-0.15, -0.1) is 34.0 Å². The standard InChI is InChI=1S/C37H33N7O3S3/c1-37(2)26-17-25(16-24(19-38)34-42-28-6-4-5-7-29(28)49-34)48-32(26)33-27(37)18-31(50-33)44(3)14-15-46-36(45)41-20-22-8-10-23(11-9-22)21-47-35-40-13-12-30(39)43-35/h4-13,16-18H,14-15,20-21H2,1-3H3,(H,41,45)(H2,39,40,43)/b24-16-. The largest absolute Gasteiger partial charge is 0.459 e. The van der Waals surface area contributed by atoms with Crippen molar-refractivity contribution < 1.29 is 14.3 Å². The number of nitrogens with zero attached hydrogens (tertiary/aromatic N) is 5. The first-order valence-electron chi connectivity index (χ1n) is 15.9. The minimum Gasteiger partial charge on any atom is -0.459 e. The highest BCUT2D eigenvalue weighted by Gasteiger charge is 2.39. The number of fused-ring (bicyclic) bond motifs is 4. The third kappa shape index (κ3) is 6.91. The first-order valence-corrected chi connectivity index (χ1v) is 18.3. The number of aromatic nitrogens is 3. The van der Waals surface area contributed by atoms with Crippen LogP contribution >= 0.6 is 34.0 Å². The molecule has 0 fully saturated rings. The zero-order valence-corrected chi connectivity index (χ0v) is 30.0. The summed E-state index contributed by atoms with van der Waals surface area (Å²) in [5, 5.41) is 14.7. The smallest absolute Gasteiger partial charge is 0.407 e. The van der Waals surface area contributed by atoms with Gasteiger partial charge in [-0.25, -0.2) is 14.8 Å². The Kier molecular flexibility index (Phi) is 9.24. The van der Waals surface area contributed by atoms with Crippen molar-refractivity contribution >= 4 is 72.8 Å². The Bertz CT molecular complexity index is 2230. The van der Waals surface area contributed by atoms with Crippen molar-refractivity contribution in [3.8, 4) is 21.8 Å². The van der Waals surface area contributed by atoms with Gasteiger partial charge in [0.15, 0.2) is 0 Å². The number of nitrogens with one attached hydrogen (secondary N) is 1. The average Bonchev–Trinajstić information content (AvgIpc) is 3.89. The van der Waals surface area contributed by atoms with Gasteiger partial charge in [0.25, 0.3) is 0 Å². The quantitative estimate of drug-likeness (QED) is 0.127. The lowest BCUT2D eigenvalue weighted by molar-refractivity contribution is 0.148. The summed E-state index contributed by atoms with van der Waals surface area (Å²) < 4.78 is 12.1. The van der Waals surface area contributed by atoms with Crippen LogP contribution in [-0.4, -0.2) is 41.2 Å². The van der Waals surface area contributed by atoms with Crippen molar-refractivity contribution in [3.63, 3.8) is 0 Å². The van der Waals surface area contributed by atoms with Crippen LogP contribution in [0.1, 0.15) is 46.0 Å². The van der Waals surface area contributed by atoms with E-state index in [1.54, 1.807) is 46.3 Å². The fourth-order valence-electron chi connectivity index (χ4n) is 5.67. The van der Waals surface area contributed by atoms with Gasteiger partial charge in [0.2, 0.25) is 0 Å². The van der Waals surface area contributed by atoms with E-state index < -0.39 is 6.09 Å². The number of carbonyl (C=O) groups is 1. The van der Waals surface area contributed by atoms with Crippen LogP contribution in [0.5, 0.6) is 6.01 Å². The molecule has 0 saturated carbocycles. The molecule has 1 amide bonds. The number of hydrogen-bond acceptors (Lipinski definition) is 12. The lowest BCUT2D eigenvalue weighted by atomic mass is 9.84. The van der Waals surface area contributed by atoms with Crippen LogP contribution in [0.25, 0.3) is 31.6 Å². The summed E-state index contributed by atoms with van der Waals surface area (Å²) in [4.78, 5) is 30.9. The van der Waals surface area contributed by atoms with Crippen LogP contribution < -0.4 is 20.7 Å². The third-order valence-electron chi connectivity index (χ3n) is 8.47. The summed E-state index contributed by atoms with van der Waals surface area (Å²) >= 11 is 5.00. The molecule has 0 bridgehead atoms. The molecule has 1 aliphatic rings. The highest BCUT2D eigenvalue weighted by atomic mass is 32.1. The van der Waals surface area contributed by atoms with E-state index in [0.717, 1.165) is 36.2 Å². The SMILES string of the molecule is CN(CCOC(=O)NCc1ccc(COc2nccc(N)n2)cc1)c1cc2c(s1)-c1sc(/C=C(/C#N)c3nc4ccccc4s3)cc1C2(C)C. The molecule has 50 heavy (non-hydrogen) atoms. The van der Waals surface area contributed by atoms with Crippen LogP contribution in [0.3, 0.4) is 0 Å². The predicted molar refractivity (Wildman–Crippen MR) is 202 cm³/mol. The number of benzene rings is 2. The maximum absolute atomic E-state index is 12.4. The summed E-state index contributed by atoms with van der Waals surface area (Å²) in [5.74, 6) is 0.351. The van der Waals surface area contributed by atoms with E-state index in [2.05, 4.69) is 52.2 Å². The second-order valence-corrected chi connectivity index (χ2v) is 15.4. The van der Waals surface area contributed by atoms with Crippen molar-refractivity contribution in [2.24, 2.45) is 0 Å². The summed E-state index contributed by atoms with van der Waals surface area (Å²) in [5.41, 5.74) is 11.4. The fourth-order valence-corrected chi connectivity index (χ4v) is 9.32. The molecule has 0 aliphatic heterocycles. The zero-order valence-electron chi connectivity index (χ0n) is 27.6. The van der Waals surface area contributed by atoms with E-state index >= 15 is 0 Å². The summed E-state index contributed by atoms with van der Waals surface area (Å²) in [6, 6.07) is 24.3. The van der Waals surface area contributed by atoms with Gasteiger partial charge in [-0.3, -0.25) is 0 Å². The number of nitrogen functional groups attached to an aromatic ring is 1. The second-order valence-electron chi connectivity index (χ2n) is 12.3. The van der Waals surface area contributed by atoms with Gasteiger partial charge >= 0.3 is 12.1 Å². The predicted octanol–water partition coefficient (Wildman–Crippen LogP) is 8.10. The van der Waals surface area contributed by atoms with Crippen LogP contribution in [-0.2, 0) is 23.3 Å². The first kappa shape index (κ1) is 33.2. The molecule has 0 saturated heterocycles. The maximum atomic E-state index is 12.4. The molecule has 4 heterocycles. The third-order valence-corrected chi connectivity index (χ3v) is 12.0. The van der Waals surface area contributed by atoms with Crippen molar-refractivity contribution in [1.29, 1.82) is 5.26 Å². The molecule has 6 aromatic rings. The highest BCUT2D eigenvalue weighted by Crippen LogP contribution is 2.57. The van der Waals surface area contributed by atoms with Gasteiger partial charge in [0.1, 0.15) is 30.1 Å². The van der Waals surface area contributed by atoms with Gasteiger partial charge < -0.3 is 25.4 Å². The van der Waals surface area contributed by atoms with Gasteiger partial charge in [0, 0.05) is 35.0 Å². The fraction of sp³-hybridized carbons (Fsp3) is 0.216. The van der Waals surface area contributed by atoms with Crippen LogP contribution in [0.4, 0.5) is 15.6 Å². The van der Waals surface area contributed by atoms with Crippen molar-refractivity contribution in [3.05, 3.63) is 105 Å². The van der Waals surface area contributed by atoms with E-state index in [-0.39, 0.29) is 18.0 Å². The summed E-state index contributed by atoms with van der Waals surface area (Å²) in [6.45, 7) is 5.95. The number of likely N-dealkylation sites (N-methyl/N-ethyl adjacent to an activating group) is 1. The molecule has 0 unspecified atom stereocenters. The van der Waals surface area contributed by atoms with Crippen LogP contribution in [0.15, 0.2) is 72.9 Å². The van der Waals surface area contributed by atoms with E-state index in [1.165, 1.54) is 20.9 Å². The average molecular weight is 720 g/mol. The number of allylic oxidation sites excluding steroid dienone is 1. The number of ether oxygens (including phenoxy) is 2. The minimum atomic E-state index is -0.467. The van der Waals surface area contributed by atoms with Gasteiger partial charge in [-0.05, 0) is 58.7 Å². The molecule has 0 radical (unpaired) electrons. The number of nitrogens with two attached hydrogens (primary N) is 1. The minimum absolute atomic E-state index is 0.169. The Labute approximate surface area is 301 Å². The van der Waals surface area contributed by atoms with Gasteiger partial charge in [-0.2, -0.15) is 10.2 Å². The van der Waals surface area contributed by atoms with E-state index in [4.69, 9.17) is 20.2 Å². The number of thiophene rings is 2. The zero-order chi connectivity index (χ0) is 34.8. The van der Waals surface area contributed by atoms with Gasteiger partial charge in [-0.1, -0.05) is 50.2 Å². The number of hydrogen-bond donors (Lipinski definition) is 2. The Morgan fingerprint density at radius 3 is 2.56 bits per heavy atom. The topological polar surface area (TPSA) is 139 Å². The lowest BCUT2D eigenvalue weighted by Gasteiger charge is -2.20. The molecule has 1 aliphatic carbocycles. The normalized spacial score (nSPS) is 13.0. The number of anilines is 2. The molecule has 7 rings (SSSR count). The van der Waals surface area contributed by atoms with E-state index in [0.29, 0.717) is 31.1 Å². The lowest BCUT2D eigenvalue weighted by Crippen LogP contribution is -2.28. The molecule has 0 spiro atoms. The second kappa shape index (κ2) is 13.9. The van der Waals surface area contributed by atoms with Crippen LogP contribution in [0.2, 0.25) is 0 Å². The Balaban J connectivity index is 0.923. The number of carbonyl (C=O) groups excluding carboxylic acids is 1. The molecule has 3 N–H and O–H groups in total. The number of nitriles is 1. The van der Waals surface area contributed by atoms with E-state index in [9.17, 15) is 10.1 Å². The number of amides is 1. The molecular weight excluding hydrogens is 687 g/mol. The van der Waals surface area contributed by atoms with Crippen molar-refractivity contribution in [1.82, 2.24) is 20.3 Å². The van der Waals surface area contributed by atoms with E-state index in [1.807, 2.05) is 61.7 Å². The first-order chi connectivity index (χ1) is 24.2. The molecule has 0 atom stereocenters. The summed E-state index contributed by atoms with van der Waals surface area (Å²) in [7, 11) is 2.01. The molecule has 252 valence electrons. The molecule has 2 aromatic carbocycles. The Morgan fingerprint density at radius 2 is 1.78 bits per heavy atom. The number of thiazole rings is 1. The molecule has 13 heteroatoms. The Hall–Kier alpha value is -5.29. The van der Waals surface area contributed by atoms with Crippen LogP contribution in [0, 0.1) is 11.3 Å². The molecule has 10 nitrogen and oxygen atoms in total. The summed E-state index contributed by atoms with van der Waals surface area (Å²) in [6.07, 6.45) is 3.04. The van der Waals surface area contributed by atoms with Crippen molar-refractivity contribution in [2.75, 3.05) is 30.8 Å². The monoisotopic (exact) mass is 719 g/mol. The number of para-hydroxylation sites is 1. The van der Waals surface area contributed by atoms with Crippen molar-refractivity contribution in [2.45, 2.75) is 32.4 Å². The highest BCUT2D eigenvalue weighted by molar-refractivity contribution is 7.25. The Morgan fingerprint density at radius 1 is 1.02 bits per heavy atom. The van der Waals surface area contributed by atoms with Gasteiger partial charge in [0.05, 0.1) is 32.2 Å². The number of alkyl carbamates (subject to hydrolysis) is 1. The molecular formula is C37H33N7O3S3.